The molecule has 0 bridgehead atoms. The lowest BCUT2D eigenvalue weighted by Gasteiger charge is -2.08. The molecule has 1 aliphatic carbocycles. The lowest BCUT2D eigenvalue weighted by molar-refractivity contribution is 0.0692. The summed E-state index contributed by atoms with van der Waals surface area (Å²) in [4.78, 5) is 10.6. The molecule has 1 fully saturated rings. The molecule has 0 spiro atoms. The van der Waals surface area contributed by atoms with E-state index in [-0.39, 0.29) is 5.56 Å². The molecule has 0 saturated heterocycles. The van der Waals surface area contributed by atoms with E-state index in [1.54, 1.807) is 6.07 Å². The smallest absolute Gasteiger partial charge is 0.338 e. The predicted molar refractivity (Wildman–Crippen MR) is 65.4 cm³/mol. The third-order valence-corrected chi connectivity index (χ3v) is 2.83. The number of hydrogen-bond acceptors (Lipinski definition) is 3. The molecule has 18 heavy (non-hydrogen) atoms. The number of nitrogens with one attached hydrogen (secondary N) is 1. The van der Waals surface area contributed by atoms with E-state index in [0.29, 0.717) is 18.8 Å². The maximum atomic E-state index is 13.3. The number of halogens is 1. The van der Waals surface area contributed by atoms with Gasteiger partial charge in [-0.05, 0) is 37.0 Å². The van der Waals surface area contributed by atoms with Crippen molar-refractivity contribution in [3.8, 4) is 0 Å². The molecule has 0 aliphatic heterocycles. The van der Waals surface area contributed by atoms with Crippen molar-refractivity contribution in [3.63, 3.8) is 0 Å². The first-order chi connectivity index (χ1) is 8.66. The highest BCUT2D eigenvalue weighted by molar-refractivity contribution is 5.88. The van der Waals surface area contributed by atoms with Gasteiger partial charge in [-0.3, -0.25) is 0 Å². The van der Waals surface area contributed by atoms with Gasteiger partial charge in [0, 0.05) is 18.8 Å². The van der Waals surface area contributed by atoms with Crippen molar-refractivity contribution < 1.29 is 19.0 Å². The SMILES string of the molecule is O=C(O)c1ccc(NCCOCC2CC2)cc1F. The molecule has 98 valence electrons. The van der Waals surface area contributed by atoms with Crippen LogP contribution in [-0.2, 0) is 4.74 Å². The third kappa shape index (κ3) is 3.70. The molecular formula is C13H16FNO3. The molecule has 1 aromatic carbocycles. The zero-order valence-electron chi connectivity index (χ0n) is 9.99. The average molecular weight is 253 g/mol. The van der Waals surface area contributed by atoms with Crippen LogP contribution in [0.1, 0.15) is 23.2 Å². The zero-order valence-corrected chi connectivity index (χ0v) is 9.99. The van der Waals surface area contributed by atoms with E-state index in [9.17, 15) is 9.18 Å². The molecule has 5 heteroatoms. The number of anilines is 1. The Kier molecular flexibility index (Phi) is 4.15. The van der Waals surface area contributed by atoms with Crippen LogP contribution in [0.25, 0.3) is 0 Å². The highest BCUT2D eigenvalue weighted by Crippen LogP contribution is 2.28. The summed E-state index contributed by atoms with van der Waals surface area (Å²) in [5, 5.41) is 11.7. The summed E-state index contributed by atoms with van der Waals surface area (Å²) in [5.41, 5.74) is 0.248. The van der Waals surface area contributed by atoms with Gasteiger partial charge in [0.05, 0.1) is 12.2 Å². The fourth-order valence-electron chi connectivity index (χ4n) is 1.60. The van der Waals surface area contributed by atoms with Crippen LogP contribution in [0.5, 0.6) is 0 Å². The summed E-state index contributed by atoms with van der Waals surface area (Å²) in [6, 6.07) is 3.99. The Bertz CT molecular complexity index is 432. The Labute approximate surface area is 105 Å². The molecule has 0 radical (unpaired) electrons. The lowest BCUT2D eigenvalue weighted by atomic mass is 10.2. The lowest BCUT2D eigenvalue weighted by Crippen LogP contribution is -2.11. The van der Waals surface area contributed by atoms with Gasteiger partial charge < -0.3 is 15.2 Å². The normalized spacial score (nSPS) is 14.5. The second-order valence-electron chi connectivity index (χ2n) is 4.44. The minimum Gasteiger partial charge on any atom is -0.478 e. The van der Waals surface area contributed by atoms with Crippen molar-refractivity contribution in [2.24, 2.45) is 5.92 Å². The van der Waals surface area contributed by atoms with Crippen LogP contribution in [0.15, 0.2) is 18.2 Å². The molecule has 0 aromatic heterocycles. The Morgan fingerprint density at radius 3 is 2.89 bits per heavy atom. The number of carboxylic acids is 1. The largest absolute Gasteiger partial charge is 0.478 e. The van der Waals surface area contributed by atoms with Crippen molar-refractivity contribution in [2.45, 2.75) is 12.8 Å². The minimum absolute atomic E-state index is 0.314. The van der Waals surface area contributed by atoms with Crippen LogP contribution < -0.4 is 5.32 Å². The monoisotopic (exact) mass is 253 g/mol. The van der Waals surface area contributed by atoms with Crippen molar-refractivity contribution in [2.75, 3.05) is 25.1 Å². The van der Waals surface area contributed by atoms with E-state index >= 15 is 0 Å². The molecule has 0 amide bonds. The van der Waals surface area contributed by atoms with Crippen molar-refractivity contribution in [1.29, 1.82) is 0 Å². The molecule has 1 aromatic rings. The van der Waals surface area contributed by atoms with Crippen LogP contribution in [-0.4, -0.2) is 30.8 Å². The first kappa shape index (κ1) is 12.8. The van der Waals surface area contributed by atoms with Gasteiger partial charge >= 0.3 is 5.97 Å². The first-order valence-corrected chi connectivity index (χ1v) is 6.01. The summed E-state index contributed by atoms with van der Waals surface area (Å²) in [6.07, 6.45) is 2.52. The van der Waals surface area contributed by atoms with Gasteiger partial charge in [0.2, 0.25) is 0 Å². The summed E-state index contributed by atoms with van der Waals surface area (Å²) >= 11 is 0. The Balaban J connectivity index is 1.74. The summed E-state index contributed by atoms with van der Waals surface area (Å²) in [5.74, 6) is -1.25. The second-order valence-corrected chi connectivity index (χ2v) is 4.44. The second kappa shape index (κ2) is 5.82. The van der Waals surface area contributed by atoms with E-state index in [0.717, 1.165) is 12.5 Å². The third-order valence-electron chi connectivity index (χ3n) is 2.83. The maximum absolute atomic E-state index is 13.3. The van der Waals surface area contributed by atoms with Gasteiger partial charge in [0.15, 0.2) is 0 Å². The number of ether oxygens (including phenoxy) is 1. The van der Waals surface area contributed by atoms with Crippen LogP contribution in [0.3, 0.4) is 0 Å². The predicted octanol–water partition coefficient (Wildman–Crippen LogP) is 2.36. The van der Waals surface area contributed by atoms with E-state index in [4.69, 9.17) is 9.84 Å². The summed E-state index contributed by atoms with van der Waals surface area (Å²) in [6.45, 7) is 1.95. The number of rotatable bonds is 7. The van der Waals surface area contributed by atoms with E-state index in [1.807, 2.05) is 0 Å². The van der Waals surface area contributed by atoms with Crippen molar-refractivity contribution in [3.05, 3.63) is 29.6 Å². The maximum Gasteiger partial charge on any atom is 0.338 e. The molecule has 0 heterocycles. The number of carbonyl (C=O) groups is 1. The van der Waals surface area contributed by atoms with Gasteiger partial charge in [-0.1, -0.05) is 0 Å². The highest BCUT2D eigenvalue weighted by atomic mass is 19.1. The minimum atomic E-state index is -1.26. The van der Waals surface area contributed by atoms with Crippen LogP contribution >= 0.6 is 0 Å². The number of carboxylic acid groups (broad SMARTS) is 1. The molecule has 4 nitrogen and oxygen atoms in total. The van der Waals surface area contributed by atoms with Gasteiger partial charge in [-0.25, -0.2) is 9.18 Å². The quantitative estimate of drug-likeness (QED) is 0.732. The topological polar surface area (TPSA) is 58.6 Å². The zero-order chi connectivity index (χ0) is 13.0. The number of benzene rings is 1. The number of hydrogen-bond donors (Lipinski definition) is 2. The van der Waals surface area contributed by atoms with Crippen molar-refractivity contribution in [1.82, 2.24) is 0 Å². The van der Waals surface area contributed by atoms with Gasteiger partial charge in [0.1, 0.15) is 5.82 Å². The van der Waals surface area contributed by atoms with Crippen molar-refractivity contribution >= 4 is 11.7 Å². The highest BCUT2D eigenvalue weighted by Gasteiger charge is 2.20. The molecule has 0 atom stereocenters. The van der Waals surface area contributed by atoms with E-state index in [1.165, 1.54) is 25.0 Å². The Hall–Kier alpha value is -1.62. The number of aromatic carboxylic acids is 1. The molecule has 2 rings (SSSR count). The van der Waals surface area contributed by atoms with Gasteiger partial charge in [-0.2, -0.15) is 0 Å². The van der Waals surface area contributed by atoms with Crippen LogP contribution in [0, 0.1) is 11.7 Å². The fraction of sp³-hybridized carbons (Fsp3) is 0.462. The van der Waals surface area contributed by atoms with Gasteiger partial charge in [0.25, 0.3) is 0 Å². The average Bonchev–Trinajstić information content (AvgIpc) is 3.12. The standard InChI is InChI=1S/C13H16FNO3/c14-12-7-10(3-4-11(12)13(16)17)15-5-6-18-8-9-1-2-9/h3-4,7,9,15H,1-2,5-6,8H2,(H,16,17). The van der Waals surface area contributed by atoms with E-state index in [2.05, 4.69) is 5.32 Å². The Morgan fingerprint density at radius 2 is 2.28 bits per heavy atom. The van der Waals surface area contributed by atoms with E-state index < -0.39 is 11.8 Å². The summed E-state index contributed by atoms with van der Waals surface area (Å²) in [7, 11) is 0. The van der Waals surface area contributed by atoms with Gasteiger partial charge in [-0.15, -0.1) is 0 Å². The molecular weight excluding hydrogens is 237 g/mol. The Morgan fingerprint density at radius 1 is 1.50 bits per heavy atom. The van der Waals surface area contributed by atoms with Crippen LogP contribution in [0.4, 0.5) is 10.1 Å². The first-order valence-electron chi connectivity index (χ1n) is 6.01. The molecule has 2 N–H and O–H groups in total. The molecule has 0 unspecified atom stereocenters. The molecule has 1 saturated carbocycles. The fourth-order valence-corrected chi connectivity index (χ4v) is 1.60. The van der Waals surface area contributed by atoms with Crippen LogP contribution in [0.2, 0.25) is 0 Å². The molecule has 1 aliphatic rings. The summed E-state index contributed by atoms with van der Waals surface area (Å²) < 4.78 is 18.8.